The van der Waals surface area contributed by atoms with Crippen LogP contribution in [-0.2, 0) is 6.54 Å². The van der Waals surface area contributed by atoms with E-state index in [0.717, 1.165) is 18.0 Å². The molecule has 0 spiro atoms. The molecule has 0 saturated heterocycles. The Bertz CT molecular complexity index is 510. The van der Waals surface area contributed by atoms with Crippen LogP contribution in [0.4, 0.5) is 0 Å². The van der Waals surface area contributed by atoms with Crippen molar-refractivity contribution >= 4 is 10.9 Å². The van der Waals surface area contributed by atoms with Crippen molar-refractivity contribution in [3.63, 3.8) is 0 Å². The lowest BCUT2D eigenvalue weighted by Crippen LogP contribution is -2.39. The van der Waals surface area contributed by atoms with E-state index >= 15 is 0 Å². The van der Waals surface area contributed by atoms with E-state index < -0.39 is 0 Å². The third kappa shape index (κ3) is 2.18. The van der Waals surface area contributed by atoms with E-state index in [2.05, 4.69) is 41.5 Å². The molecule has 0 radical (unpaired) electrons. The summed E-state index contributed by atoms with van der Waals surface area (Å²) < 4.78 is 0. The summed E-state index contributed by atoms with van der Waals surface area (Å²) in [6, 6.07) is 11.2. The number of hydrogen-bond acceptors (Lipinski definition) is 2. The van der Waals surface area contributed by atoms with Crippen molar-refractivity contribution in [2.75, 3.05) is 0 Å². The van der Waals surface area contributed by atoms with Crippen LogP contribution in [0.25, 0.3) is 10.9 Å². The SMILES string of the molecule is CC1CC(NCc2cccc3cccnc23)C1. The summed E-state index contributed by atoms with van der Waals surface area (Å²) in [6.07, 6.45) is 4.51. The maximum atomic E-state index is 4.48. The van der Waals surface area contributed by atoms with Gasteiger partial charge >= 0.3 is 0 Å². The number of nitrogens with one attached hydrogen (secondary N) is 1. The summed E-state index contributed by atoms with van der Waals surface area (Å²) in [6.45, 7) is 3.25. The molecule has 0 aliphatic heterocycles. The van der Waals surface area contributed by atoms with Gasteiger partial charge in [-0.15, -0.1) is 0 Å². The maximum absolute atomic E-state index is 4.48. The van der Waals surface area contributed by atoms with Crippen molar-refractivity contribution < 1.29 is 0 Å². The molecule has 1 aromatic heterocycles. The molecular formula is C15H18N2. The smallest absolute Gasteiger partial charge is 0.0746 e. The van der Waals surface area contributed by atoms with Crippen LogP contribution in [0, 0.1) is 5.92 Å². The molecule has 0 bridgehead atoms. The monoisotopic (exact) mass is 226 g/mol. The maximum Gasteiger partial charge on any atom is 0.0746 e. The zero-order chi connectivity index (χ0) is 11.7. The van der Waals surface area contributed by atoms with E-state index in [0.29, 0.717) is 6.04 Å². The van der Waals surface area contributed by atoms with Gasteiger partial charge in [-0.3, -0.25) is 4.98 Å². The Kier molecular flexibility index (Phi) is 2.81. The average molecular weight is 226 g/mol. The van der Waals surface area contributed by atoms with E-state index in [9.17, 15) is 0 Å². The minimum absolute atomic E-state index is 0.712. The zero-order valence-electron chi connectivity index (χ0n) is 10.2. The number of fused-ring (bicyclic) bond motifs is 1. The zero-order valence-corrected chi connectivity index (χ0v) is 10.2. The summed E-state index contributed by atoms with van der Waals surface area (Å²) in [4.78, 5) is 4.48. The fraction of sp³-hybridized carbons (Fsp3) is 0.400. The number of para-hydroxylation sites is 1. The predicted molar refractivity (Wildman–Crippen MR) is 70.8 cm³/mol. The van der Waals surface area contributed by atoms with Gasteiger partial charge in [0.1, 0.15) is 0 Å². The fourth-order valence-corrected chi connectivity index (χ4v) is 2.63. The molecule has 1 heterocycles. The second-order valence-corrected chi connectivity index (χ2v) is 5.15. The summed E-state index contributed by atoms with van der Waals surface area (Å²) in [7, 11) is 0. The molecule has 88 valence electrons. The third-order valence-electron chi connectivity index (χ3n) is 3.67. The van der Waals surface area contributed by atoms with E-state index in [1.807, 2.05) is 12.3 Å². The first-order chi connectivity index (χ1) is 8.33. The highest BCUT2D eigenvalue weighted by molar-refractivity contribution is 5.81. The van der Waals surface area contributed by atoms with Crippen molar-refractivity contribution in [1.82, 2.24) is 10.3 Å². The summed E-state index contributed by atoms with van der Waals surface area (Å²) in [5, 5.41) is 4.85. The highest BCUT2D eigenvalue weighted by atomic mass is 14.9. The van der Waals surface area contributed by atoms with Gasteiger partial charge in [0, 0.05) is 24.2 Å². The van der Waals surface area contributed by atoms with Crippen LogP contribution in [-0.4, -0.2) is 11.0 Å². The molecule has 1 aliphatic rings. The molecule has 1 saturated carbocycles. The van der Waals surface area contributed by atoms with Crippen LogP contribution in [0.1, 0.15) is 25.3 Å². The molecule has 1 aliphatic carbocycles. The van der Waals surface area contributed by atoms with Gasteiger partial charge < -0.3 is 5.32 Å². The lowest BCUT2D eigenvalue weighted by molar-refractivity contribution is 0.240. The van der Waals surface area contributed by atoms with Gasteiger partial charge in [0.2, 0.25) is 0 Å². The van der Waals surface area contributed by atoms with Crippen LogP contribution >= 0.6 is 0 Å². The summed E-state index contributed by atoms with van der Waals surface area (Å²) in [5.74, 6) is 0.901. The molecule has 17 heavy (non-hydrogen) atoms. The van der Waals surface area contributed by atoms with Crippen molar-refractivity contribution in [2.45, 2.75) is 32.4 Å². The lowest BCUT2D eigenvalue weighted by atomic mass is 9.82. The standard InChI is InChI=1S/C15H18N2/c1-11-8-14(9-11)17-10-13-5-2-4-12-6-3-7-16-15(12)13/h2-7,11,14,17H,8-10H2,1H3. The van der Waals surface area contributed by atoms with E-state index in [4.69, 9.17) is 0 Å². The van der Waals surface area contributed by atoms with Gasteiger partial charge in [0.25, 0.3) is 0 Å². The number of benzene rings is 1. The molecule has 0 unspecified atom stereocenters. The molecule has 3 rings (SSSR count). The number of rotatable bonds is 3. The highest BCUT2D eigenvalue weighted by Crippen LogP contribution is 2.26. The molecule has 2 heteroatoms. The van der Waals surface area contributed by atoms with Gasteiger partial charge in [-0.2, -0.15) is 0 Å². The molecule has 1 aromatic carbocycles. The number of nitrogens with zero attached hydrogens (tertiary/aromatic N) is 1. The normalized spacial score (nSPS) is 23.6. The number of pyridine rings is 1. The van der Waals surface area contributed by atoms with Gasteiger partial charge in [-0.1, -0.05) is 31.2 Å². The average Bonchev–Trinajstić information content (AvgIpc) is 2.33. The Balaban J connectivity index is 1.76. The Morgan fingerprint density at radius 2 is 2.06 bits per heavy atom. The van der Waals surface area contributed by atoms with Crippen molar-refractivity contribution in [3.05, 3.63) is 42.1 Å². The lowest BCUT2D eigenvalue weighted by Gasteiger charge is -2.33. The van der Waals surface area contributed by atoms with Crippen LogP contribution in [0.2, 0.25) is 0 Å². The Morgan fingerprint density at radius 3 is 2.88 bits per heavy atom. The predicted octanol–water partition coefficient (Wildman–Crippen LogP) is 3.12. The Hall–Kier alpha value is -1.41. The van der Waals surface area contributed by atoms with Gasteiger partial charge in [0.05, 0.1) is 5.52 Å². The number of hydrogen-bond donors (Lipinski definition) is 1. The second kappa shape index (κ2) is 4.46. The quantitative estimate of drug-likeness (QED) is 0.869. The first kappa shape index (κ1) is 10.7. The summed E-state index contributed by atoms with van der Waals surface area (Å²) >= 11 is 0. The molecular weight excluding hydrogens is 208 g/mol. The van der Waals surface area contributed by atoms with E-state index in [-0.39, 0.29) is 0 Å². The number of aromatic nitrogens is 1. The van der Waals surface area contributed by atoms with Gasteiger partial charge in [-0.05, 0) is 30.4 Å². The molecule has 1 fully saturated rings. The van der Waals surface area contributed by atoms with Crippen molar-refractivity contribution in [1.29, 1.82) is 0 Å². The van der Waals surface area contributed by atoms with E-state index in [1.54, 1.807) is 0 Å². The highest BCUT2D eigenvalue weighted by Gasteiger charge is 2.24. The molecule has 2 aromatic rings. The topological polar surface area (TPSA) is 24.9 Å². The van der Waals surface area contributed by atoms with Crippen molar-refractivity contribution in [3.8, 4) is 0 Å². The summed E-state index contributed by atoms with van der Waals surface area (Å²) in [5.41, 5.74) is 2.44. The molecule has 2 nitrogen and oxygen atoms in total. The van der Waals surface area contributed by atoms with Crippen molar-refractivity contribution in [2.24, 2.45) is 5.92 Å². The van der Waals surface area contributed by atoms with Gasteiger partial charge in [0.15, 0.2) is 0 Å². The Labute approximate surface area is 102 Å². The Morgan fingerprint density at radius 1 is 1.24 bits per heavy atom. The molecule has 1 N–H and O–H groups in total. The largest absolute Gasteiger partial charge is 0.310 e. The first-order valence-electron chi connectivity index (χ1n) is 6.39. The van der Waals surface area contributed by atoms with Crippen LogP contribution in [0.3, 0.4) is 0 Å². The fourth-order valence-electron chi connectivity index (χ4n) is 2.63. The molecule has 0 atom stereocenters. The van der Waals surface area contributed by atoms with E-state index in [1.165, 1.54) is 23.8 Å². The van der Waals surface area contributed by atoms with Gasteiger partial charge in [-0.25, -0.2) is 0 Å². The second-order valence-electron chi connectivity index (χ2n) is 5.15. The minimum atomic E-state index is 0.712. The van der Waals surface area contributed by atoms with Crippen LogP contribution in [0.15, 0.2) is 36.5 Å². The van der Waals surface area contributed by atoms with Crippen LogP contribution < -0.4 is 5.32 Å². The third-order valence-corrected chi connectivity index (χ3v) is 3.67. The first-order valence-corrected chi connectivity index (χ1v) is 6.39. The minimum Gasteiger partial charge on any atom is -0.310 e. The molecule has 0 amide bonds. The van der Waals surface area contributed by atoms with Crippen LogP contribution in [0.5, 0.6) is 0 Å².